The Morgan fingerprint density at radius 2 is 1.76 bits per heavy atom. The van der Waals surface area contributed by atoms with Crippen molar-refractivity contribution in [2.24, 2.45) is 17.8 Å². The summed E-state index contributed by atoms with van der Waals surface area (Å²) in [5, 5.41) is 12.6. The van der Waals surface area contributed by atoms with E-state index >= 15 is 0 Å². The lowest BCUT2D eigenvalue weighted by molar-refractivity contribution is -0.0205. The first-order chi connectivity index (χ1) is 12.1. The largest absolute Gasteiger partial charge is 0.307 e. The number of rotatable bonds is 4. The third kappa shape index (κ3) is 2.90. The van der Waals surface area contributed by atoms with E-state index in [-0.39, 0.29) is 0 Å². The fraction of sp³-hybridized carbons (Fsp3) is 0.550. The van der Waals surface area contributed by atoms with Gasteiger partial charge < -0.3 is 5.32 Å². The third-order valence-corrected chi connectivity index (χ3v) is 7.16. The van der Waals surface area contributed by atoms with Crippen molar-refractivity contribution in [1.82, 2.24) is 15.5 Å². The summed E-state index contributed by atoms with van der Waals surface area (Å²) in [6, 6.07) is 5.63. The molecule has 1 aromatic carbocycles. The van der Waals surface area contributed by atoms with Gasteiger partial charge in [0, 0.05) is 28.2 Å². The van der Waals surface area contributed by atoms with Crippen molar-refractivity contribution >= 4 is 23.2 Å². The van der Waals surface area contributed by atoms with E-state index < -0.39 is 0 Å². The third-order valence-electron chi connectivity index (χ3n) is 6.61. The number of hydrogen-bond donors (Lipinski definition) is 2. The zero-order valence-electron chi connectivity index (χ0n) is 14.2. The van der Waals surface area contributed by atoms with Crippen LogP contribution < -0.4 is 5.32 Å². The molecule has 2 N–H and O–H groups in total. The van der Waals surface area contributed by atoms with Crippen LogP contribution in [0, 0.1) is 17.8 Å². The number of hydrogen-bond acceptors (Lipinski definition) is 2. The van der Waals surface area contributed by atoms with Crippen molar-refractivity contribution in [2.75, 3.05) is 0 Å². The van der Waals surface area contributed by atoms with E-state index in [0.29, 0.717) is 15.6 Å². The molecule has 1 heterocycles. The molecule has 4 aliphatic rings. The van der Waals surface area contributed by atoms with Gasteiger partial charge in [-0.2, -0.15) is 5.10 Å². The van der Waals surface area contributed by atoms with Gasteiger partial charge in [-0.05, 0) is 74.5 Å². The summed E-state index contributed by atoms with van der Waals surface area (Å²) < 4.78 is 0. The second-order valence-corrected chi connectivity index (χ2v) is 9.29. The maximum atomic E-state index is 6.40. The molecule has 2 aromatic rings. The van der Waals surface area contributed by atoms with Gasteiger partial charge in [-0.1, -0.05) is 23.2 Å². The molecule has 4 fully saturated rings. The Labute approximate surface area is 158 Å². The quantitative estimate of drug-likeness (QED) is 0.746. The molecule has 0 unspecified atom stereocenters. The summed E-state index contributed by atoms with van der Waals surface area (Å²) in [5.74, 6) is 2.86. The van der Waals surface area contributed by atoms with E-state index in [9.17, 15) is 0 Å². The SMILES string of the molecule is Clc1ccc(-c2[nH]ncc2CNC23CC4CC(CC(C4)C2)C3)c(Cl)c1. The highest BCUT2D eigenvalue weighted by molar-refractivity contribution is 6.36. The van der Waals surface area contributed by atoms with Crippen molar-refractivity contribution < 1.29 is 0 Å². The van der Waals surface area contributed by atoms with Gasteiger partial charge in [-0.25, -0.2) is 0 Å². The predicted molar refractivity (Wildman–Crippen MR) is 102 cm³/mol. The van der Waals surface area contributed by atoms with Crippen LogP contribution in [0.2, 0.25) is 10.0 Å². The molecular formula is C20H23Cl2N3. The summed E-state index contributed by atoms with van der Waals surface area (Å²) >= 11 is 12.4. The number of aromatic nitrogens is 2. The normalized spacial score (nSPS) is 33.1. The fourth-order valence-electron chi connectivity index (χ4n) is 5.98. The van der Waals surface area contributed by atoms with E-state index in [1.165, 1.54) is 44.1 Å². The Morgan fingerprint density at radius 3 is 2.40 bits per heavy atom. The van der Waals surface area contributed by atoms with Crippen LogP contribution in [0.15, 0.2) is 24.4 Å². The molecule has 6 rings (SSSR count). The van der Waals surface area contributed by atoms with E-state index in [1.807, 2.05) is 18.3 Å². The van der Waals surface area contributed by atoms with E-state index in [4.69, 9.17) is 23.2 Å². The van der Waals surface area contributed by atoms with Crippen molar-refractivity contribution in [2.45, 2.75) is 50.6 Å². The van der Waals surface area contributed by atoms with E-state index in [1.54, 1.807) is 6.07 Å². The first kappa shape index (κ1) is 16.2. The molecule has 1 aromatic heterocycles. The van der Waals surface area contributed by atoms with Crippen LogP contribution in [0.4, 0.5) is 0 Å². The second kappa shape index (κ2) is 6.00. The van der Waals surface area contributed by atoms with Gasteiger partial charge in [0.2, 0.25) is 0 Å². The first-order valence-electron chi connectivity index (χ1n) is 9.33. The maximum absolute atomic E-state index is 6.40. The molecular weight excluding hydrogens is 353 g/mol. The number of H-pyrrole nitrogens is 1. The zero-order chi connectivity index (χ0) is 17.0. The molecule has 4 saturated carbocycles. The van der Waals surface area contributed by atoms with Gasteiger partial charge >= 0.3 is 0 Å². The average Bonchev–Trinajstić information content (AvgIpc) is 3.00. The Balaban J connectivity index is 1.37. The molecule has 4 bridgehead atoms. The lowest BCUT2D eigenvalue weighted by Crippen LogP contribution is -2.58. The highest BCUT2D eigenvalue weighted by Gasteiger charge is 2.50. The predicted octanol–water partition coefficient (Wildman–Crippen LogP) is 5.44. The molecule has 0 spiro atoms. The van der Waals surface area contributed by atoms with Crippen LogP contribution in [0.5, 0.6) is 0 Å². The minimum absolute atomic E-state index is 0.354. The van der Waals surface area contributed by atoms with Crippen LogP contribution in [0.25, 0.3) is 11.3 Å². The van der Waals surface area contributed by atoms with Gasteiger partial charge in [0.1, 0.15) is 0 Å². The zero-order valence-corrected chi connectivity index (χ0v) is 15.7. The topological polar surface area (TPSA) is 40.7 Å². The van der Waals surface area contributed by atoms with Crippen LogP contribution in [-0.4, -0.2) is 15.7 Å². The standard InChI is InChI=1S/C20H23Cl2N3/c21-16-1-2-17(18(22)6-16)19-15(11-24-25-19)10-23-20-7-12-3-13(8-20)5-14(4-12)9-20/h1-2,6,11-14,23H,3-5,7-10H2,(H,24,25). The van der Waals surface area contributed by atoms with Crippen LogP contribution in [0.1, 0.15) is 44.1 Å². The van der Waals surface area contributed by atoms with Crippen LogP contribution in [-0.2, 0) is 6.54 Å². The lowest BCUT2D eigenvalue weighted by Gasteiger charge is -2.57. The smallest absolute Gasteiger partial charge is 0.0710 e. The molecule has 0 atom stereocenters. The number of nitrogens with one attached hydrogen (secondary N) is 2. The summed E-state index contributed by atoms with van der Waals surface area (Å²) in [6.45, 7) is 0.844. The van der Waals surface area contributed by atoms with E-state index in [0.717, 1.165) is 35.6 Å². The molecule has 25 heavy (non-hydrogen) atoms. The molecule has 4 aliphatic carbocycles. The van der Waals surface area contributed by atoms with Gasteiger partial charge in [0.15, 0.2) is 0 Å². The Hall–Kier alpha value is -1.03. The van der Waals surface area contributed by atoms with Gasteiger partial charge in [0.25, 0.3) is 0 Å². The molecule has 0 radical (unpaired) electrons. The molecule has 5 heteroatoms. The van der Waals surface area contributed by atoms with Crippen molar-refractivity contribution in [3.05, 3.63) is 40.0 Å². The number of aromatic amines is 1. The monoisotopic (exact) mass is 375 g/mol. The molecule has 3 nitrogen and oxygen atoms in total. The molecule has 132 valence electrons. The van der Waals surface area contributed by atoms with Gasteiger partial charge in [0.05, 0.1) is 16.9 Å². The minimum Gasteiger partial charge on any atom is -0.307 e. The molecule has 0 aliphatic heterocycles. The minimum atomic E-state index is 0.354. The highest BCUT2D eigenvalue weighted by Crippen LogP contribution is 2.55. The van der Waals surface area contributed by atoms with Gasteiger partial charge in [-0.3, -0.25) is 5.10 Å². The van der Waals surface area contributed by atoms with Gasteiger partial charge in [-0.15, -0.1) is 0 Å². The van der Waals surface area contributed by atoms with Crippen molar-refractivity contribution in [3.8, 4) is 11.3 Å². The van der Waals surface area contributed by atoms with Crippen molar-refractivity contribution in [3.63, 3.8) is 0 Å². The summed E-state index contributed by atoms with van der Waals surface area (Å²) in [5.41, 5.74) is 3.50. The average molecular weight is 376 g/mol. The second-order valence-electron chi connectivity index (χ2n) is 8.45. The maximum Gasteiger partial charge on any atom is 0.0710 e. The number of halogens is 2. The number of benzene rings is 1. The highest BCUT2D eigenvalue weighted by atomic mass is 35.5. The Kier molecular flexibility index (Phi) is 3.88. The fourth-order valence-corrected chi connectivity index (χ4v) is 6.48. The Morgan fingerprint density at radius 1 is 1.08 bits per heavy atom. The first-order valence-corrected chi connectivity index (χ1v) is 10.1. The Bertz CT molecular complexity index is 763. The summed E-state index contributed by atoms with van der Waals surface area (Å²) in [6.07, 6.45) is 10.4. The summed E-state index contributed by atoms with van der Waals surface area (Å²) in [4.78, 5) is 0. The molecule has 0 saturated heterocycles. The number of nitrogens with zero attached hydrogens (tertiary/aromatic N) is 1. The van der Waals surface area contributed by atoms with Crippen LogP contribution in [0.3, 0.4) is 0 Å². The van der Waals surface area contributed by atoms with Crippen molar-refractivity contribution in [1.29, 1.82) is 0 Å². The van der Waals surface area contributed by atoms with Crippen LogP contribution >= 0.6 is 23.2 Å². The summed E-state index contributed by atoms with van der Waals surface area (Å²) in [7, 11) is 0. The lowest BCUT2D eigenvalue weighted by atomic mass is 9.53. The molecule has 0 amide bonds. The van der Waals surface area contributed by atoms with E-state index in [2.05, 4.69) is 15.5 Å².